The number of benzene rings is 2. The predicted octanol–water partition coefficient (Wildman–Crippen LogP) is 3.55. The molecule has 0 unspecified atom stereocenters. The average Bonchev–Trinajstić information content (AvgIpc) is 2.82. The van der Waals surface area contributed by atoms with Crippen molar-refractivity contribution in [1.82, 2.24) is 9.78 Å². The van der Waals surface area contributed by atoms with Crippen LogP contribution in [-0.2, 0) is 0 Å². The molecule has 0 saturated carbocycles. The average molecular weight is 250 g/mol. The summed E-state index contributed by atoms with van der Waals surface area (Å²) >= 11 is 0. The van der Waals surface area contributed by atoms with Crippen LogP contribution in [0.1, 0.15) is 5.56 Å². The molecule has 3 heteroatoms. The zero-order valence-electron chi connectivity index (χ0n) is 10.6. The lowest BCUT2D eigenvalue weighted by molar-refractivity contribution is 0.477. The van der Waals surface area contributed by atoms with Crippen molar-refractivity contribution in [3.8, 4) is 22.7 Å². The Labute approximate surface area is 111 Å². The second-order valence-corrected chi connectivity index (χ2v) is 4.51. The Morgan fingerprint density at radius 3 is 2.53 bits per heavy atom. The number of aromatic hydroxyl groups is 1. The van der Waals surface area contributed by atoms with E-state index in [-0.39, 0.29) is 5.75 Å². The van der Waals surface area contributed by atoms with Crippen LogP contribution in [0, 0.1) is 6.92 Å². The smallest absolute Gasteiger partial charge is 0.162 e. The van der Waals surface area contributed by atoms with Crippen LogP contribution in [0.5, 0.6) is 5.75 Å². The number of aromatic nitrogens is 2. The number of aryl methyl sites for hydroxylation is 1. The van der Waals surface area contributed by atoms with Crippen LogP contribution < -0.4 is 0 Å². The minimum atomic E-state index is 0.188. The second-order valence-electron chi connectivity index (χ2n) is 4.51. The molecule has 0 aliphatic rings. The van der Waals surface area contributed by atoms with E-state index in [0.29, 0.717) is 5.69 Å². The summed E-state index contributed by atoms with van der Waals surface area (Å²) in [5.41, 5.74) is 3.61. The maximum Gasteiger partial charge on any atom is 0.162 e. The van der Waals surface area contributed by atoms with E-state index in [2.05, 4.69) is 5.10 Å². The molecule has 0 fully saturated rings. The quantitative estimate of drug-likeness (QED) is 0.755. The van der Waals surface area contributed by atoms with Crippen molar-refractivity contribution >= 4 is 0 Å². The van der Waals surface area contributed by atoms with E-state index in [9.17, 15) is 5.11 Å². The first-order valence-electron chi connectivity index (χ1n) is 6.15. The fraction of sp³-hybridized carbons (Fsp3) is 0.0625. The minimum absolute atomic E-state index is 0.188. The topological polar surface area (TPSA) is 38.0 Å². The van der Waals surface area contributed by atoms with Gasteiger partial charge in [0.2, 0.25) is 0 Å². The highest BCUT2D eigenvalue weighted by atomic mass is 16.3. The van der Waals surface area contributed by atoms with Crippen molar-refractivity contribution in [3.63, 3.8) is 0 Å². The van der Waals surface area contributed by atoms with Crippen LogP contribution in [0.15, 0.2) is 60.8 Å². The van der Waals surface area contributed by atoms with Gasteiger partial charge in [-0.1, -0.05) is 42.5 Å². The fourth-order valence-corrected chi connectivity index (χ4v) is 2.07. The van der Waals surface area contributed by atoms with Gasteiger partial charge in [0.05, 0.1) is 11.9 Å². The lowest BCUT2D eigenvalue weighted by atomic mass is 10.1. The molecule has 0 bridgehead atoms. The van der Waals surface area contributed by atoms with E-state index >= 15 is 0 Å². The molecule has 3 rings (SSSR count). The van der Waals surface area contributed by atoms with Crippen molar-refractivity contribution in [2.45, 2.75) is 6.92 Å². The Kier molecular flexibility index (Phi) is 2.80. The highest BCUT2D eigenvalue weighted by molar-refractivity contribution is 5.65. The van der Waals surface area contributed by atoms with Crippen molar-refractivity contribution in [2.75, 3.05) is 0 Å². The molecule has 0 amide bonds. The van der Waals surface area contributed by atoms with Gasteiger partial charge >= 0.3 is 0 Å². The molecule has 3 aromatic rings. The van der Waals surface area contributed by atoms with Crippen LogP contribution >= 0.6 is 0 Å². The first-order valence-corrected chi connectivity index (χ1v) is 6.15. The summed E-state index contributed by atoms with van der Waals surface area (Å²) in [4.78, 5) is 0. The zero-order chi connectivity index (χ0) is 13.2. The van der Waals surface area contributed by atoms with Gasteiger partial charge in [-0.2, -0.15) is 5.10 Å². The van der Waals surface area contributed by atoms with Crippen LogP contribution in [-0.4, -0.2) is 14.9 Å². The molecule has 3 nitrogen and oxygen atoms in total. The Morgan fingerprint density at radius 2 is 1.79 bits per heavy atom. The van der Waals surface area contributed by atoms with E-state index in [4.69, 9.17) is 0 Å². The number of hydrogen-bond donors (Lipinski definition) is 1. The van der Waals surface area contributed by atoms with Gasteiger partial charge in [-0.3, -0.25) is 0 Å². The van der Waals surface area contributed by atoms with Gasteiger partial charge < -0.3 is 5.11 Å². The van der Waals surface area contributed by atoms with Gasteiger partial charge in [0, 0.05) is 5.56 Å². The maximum absolute atomic E-state index is 10.0. The summed E-state index contributed by atoms with van der Waals surface area (Å²) in [5, 5.41) is 14.5. The highest BCUT2D eigenvalue weighted by Gasteiger charge is 2.10. The molecule has 0 saturated heterocycles. The number of rotatable bonds is 2. The predicted molar refractivity (Wildman–Crippen MR) is 75.4 cm³/mol. The minimum Gasteiger partial charge on any atom is -0.504 e. The molecule has 0 aliphatic heterocycles. The number of nitrogens with zero attached hydrogens (tertiary/aromatic N) is 2. The van der Waals surface area contributed by atoms with Crippen LogP contribution in [0.4, 0.5) is 0 Å². The van der Waals surface area contributed by atoms with Crippen LogP contribution in [0.25, 0.3) is 16.9 Å². The highest BCUT2D eigenvalue weighted by Crippen LogP contribution is 2.28. The fourth-order valence-electron chi connectivity index (χ4n) is 2.07. The van der Waals surface area contributed by atoms with E-state index < -0.39 is 0 Å². The largest absolute Gasteiger partial charge is 0.504 e. The Morgan fingerprint density at radius 1 is 1.00 bits per heavy atom. The second kappa shape index (κ2) is 4.61. The van der Waals surface area contributed by atoms with Gasteiger partial charge in [0.1, 0.15) is 5.69 Å². The maximum atomic E-state index is 10.0. The molecular formula is C16H14N2O. The lowest BCUT2D eigenvalue weighted by Gasteiger charge is -2.01. The monoisotopic (exact) mass is 250 g/mol. The Bertz CT molecular complexity index is 702. The van der Waals surface area contributed by atoms with Gasteiger partial charge in [-0.05, 0) is 24.6 Å². The molecule has 0 aliphatic carbocycles. The van der Waals surface area contributed by atoms with Crippen molar-refractivity contribution < 1.29 is 5.11 Å². The molecular weight excluding hydrogens is 236 g/mol. The molecule has 1 N–H and O–H groups in total. The van der Waals surface area contributed by atoms with E-state index in [1.165, 1.54) is 0 Å². The molecule has 1 heterocycles. The summed E-state index contributed by atoms with van der Waals surface area (Å²) in [6.07, 6.45) is 1.64. The Hall–Kier alpha value is -2.55. The lowest BCUT2D eigenvalue weighted by Crippen LogP contribution is -1.95. The molecule has 0 radical (unpaired) electrons. The molecule has 94 valence electrons. The van der Waals surface area contributed by atoms with Crippen molar-refractivity contribution in [3.05, 3.63) is 66.4 Å². The third-order valence-corrected chi connectivity index (χ3v) is 3.01. The van der Waals surface area contributed by atoms with Gasteiger partial charge in [-0.25, -0.2) is 4.68 Å². The third-order valence-electron chi connectivity index (χ3n) is 3.01. The third kappa shape index (κ3) is 2.22. The number of hydrogen-bond acceptors (Lipinski definition) is 2. The van der Waals surface area contributed by atoms with Gasteiger partial charge in [-0.15, -0.1) is 0 Å². The van der Waals surface area contributed by atoms with Crippen molar-refractivity contribution in [2.24, 2.45) is 0 Å². The SMILES string of the molecule is Cc1cccc(-n2cc(O)c(-c3ccccc3)n2)c1. The van der Waals surface area contributed by atoms with E-state index in [1.54, 1.807) is 10.9 Å². The van der Waals surface area contributed by atoms with Crippen molar-refractivity contribution in [1.29, 1.82) is 0 Å². The standard InChI is InChI=1S/C16H14N2O/c1-12-6-5-9-14(10-12)18-11-15(19)16(17-18)13-7-3-2-4-8-13/h2-11,19H,1H3. The first-order chi connectivity index (χ1) is 9.24. The first kappa shape index (κ1) is 11.5. The molecule has 2 aromatic carbocycles. The molecule has 0 atom stereocenters. The molecule has 0 spiro atoms. The molecule has 1 aromatic heterocycles. The summed E-state index contributed by atoms with van der Waals surface area (Å²) in [6.45, 7) is 2.03. The summed E-state index contributed by atoms with van der Waals surface area (Å²) in [5.74, 6) is 0.188. The zero-order valence-corrected chi connectivity index (χ0v) is 10.6. The Balaban J connectivity index is 2.07. The molecule has 19 heavy (non-hydrogen) atoms. The van der Waals surface area contributed by atoms with Crippen LogP contribution in [0.2, 0.25) is 0 Å². The summed E-state index contributed by atoms with van der Waals surface area (Å²) in [7, 11) is 0. The normalized spacial score (nSPS) is 10.6. The summed E-state index contributed by atoms with van der Waals surface area (Å²) < 4.78 is 1.70. The van der Waals surface area contributed by atoms with E-state index in [1.807, 2.05) is 61.5 Å². The van der Waals surface area contributed by atoms with Gasteiger partial charge in [0.25, 0.3) is 0 Å². The van der Waals surface area contributed by atoms with Crippen LogP contribution in [0.3, 0.4) is 0 Å². The van der Waals surface area contributed by atoms with E-state index in [0.717, 1.165) is 16.8 Å². The van der Waals surface area contributed by atoms with Gasteiger partial charge in [0.15, 0.2) is 5.75 Å². The summed E-state index contributed by atoms with van der Waals surface area (Å²) in [6, 6.07) is 17.7.